The Hall–Kier alpha value is -2.87. The van der Waals surface area contributed by atoms with Gasteiger partial charge in [0.2, 0.25) is 29.5 Å². The highest BCUT2D eigenvalue weighted by molar-refractivity contribution is 7.80. The minimum Gasteiger partial charge on any atom is -0.480 e. The summed E-state index contributed by atoms with van der Waals surface area (Å²) in [5.74, 6) is -5.12. The van der Waals surface area contributed by atoms with Crippen molar-refractivity contribution in [2.75, 3.05) is 5.75 Å². The molecule has 14 heteroatoms. The van der Waals surface area contributed by atoms with Crippen LogP contribution in [0.4, 0.5) is 0 Å². The highest BCUT2D eigenvalue weighted by atomic mass is 32.1. The molecule has 0 aliphatic heterocycles. The van der Waals surface area contributed by atoms with Gasteiger partial charge < -0.3 is 38.3 Å². The molecule has 0 spiro atoms. The van der Waals surface area contributed by atoms with Crippen LogP contribution in [0.2, 0.25) is 0 Å². The first-order chi connectivity index (χ1) is 13.9. The van der Waals surface area contributed by atoms with E-state index in [1.807, 2.05) is 0 Å². The number of nitrogens with one attached hydrogen (secondary N) is 3. The van der Waals surface area contributed by atoms with Crippen molar-refractivity contribution in [3.05, 3.63) is 0 Å². The third-order valence-corrected chi connectivity index (χ3v) is 4.27. The molecule has 0 aromatic rings. The van der Waals surface area contributed by atoms with Gasteiger partial charge in [-0.1, -0.05) is 0 Å². The van der Waals surface area contributed by atoms with Gasteiger partial charge in [-0.3, -0.25) is 24.0 Å². The quantitative estimate of drug-likeness (QED) is 0.123. The molecule has 0 bridgehead atoms. The SMILES string of the molecule is CC(NC(=O)C(CS)NC(=O)C(N)CCC(N)=O)C(=O)NC(CCC(N)=O)C(=O)O. The molecule has 5 amide bonds. The van der Waals surface area contributed by atoms with Crippen molar-refractivity contribution >= 4 is 48.1 Å². The van der Waals surface area contributed by atoms with Gasteiger partial charge in [0.05, 0.1) is 6.04 Å². The fourth-order valence-electron chi connectivity index (χ4n) is 2.12. The van der Waals surface area contributed by atoms with E-state index in [1.54, 1.807) is 0 Å². The predicted molar refractivity (Wildman–Crippen MR) is 108 cm³/mol. The lowest BCUT2D eigenvalue weighted by molar-refractivity contribution is -0.142. The van der Waals surface area contributed by atoms with Crippen LogP contribution >= 0.6 is 12.6 Å². The van der Waals surface area contributed by atoms with E-state index in [-0.39, 0.29) is 31.4 Å². The number of aliphatic carboxylic acids is 1. The zero-order valence-electron chi connectivity index (χ0n) is 16.4. The summed E-state index contributed by atoms with van der Waals surface area (Å²) in [5.41, 5.74) is 15.6. The van der Waals surface area contributed by atoms with Crippen LogP contribution in [0.5, 0.6) is 0 Å². The second-order valence-electron chi connectivity index (χ2n) is 6.49. The molecule has 0 aliphatic rings. The normalized spacial score (nSPS) is 14.5. The van der Waals surface area contributed by atoms with Crippen molar-refractivity contribution in [1.82, 2.24) is 16.0 Å². The van der Waals surface area contributed by atoms with Crippen LogP contribution in [0.3, 0.4) is 0 Å². The Labute approximate surface area is 178 Å². The molecule has 0 rings (SSSR count). The molecular formula is C16H28N6O7S. The molecule has 0 saturated heterocycles. The topological polar surface area (TPSA) is 237 Å². The molecule has 0 radical (unpaired) electrons. The minimum atomic E-state index is -1.37. The third kappa shape index (κ3) is 10.6. The number of carbonyl (C=O) groups is 6. The van der Waals surface area contributed by atoms with E-state index in [9.17, 15) is 28.8 Å². The third-order valence-electron chi connectivity index (χ3n) is 3.90. The summed E-state index contributed by atoms with van der Waals surface area (Å²) in [6.07, 6.45) is -0.579. The van der Waals surface area contributed by atoms with Crippen molar-refractivity contribution in [2.45, 2.75) is 56.8 Å². The number of amides is 5. The highest BCUT2D eigenvalue weighted by Gasteiger charge is 2.27. The minimum absolute atomic E-state index is 0.0111. The number of nitrogens with two attached hydrogens (primary N) is 3. The maximum Gasteiger partial charge on any atom is 0.326 e. The Bertz CT molecular complexity index is 674. The number of hydrogen-bond donors (Lipinski definition) is 8. The Balaban J connectivity index is 4.79. The summed E-state index contributed by atoms with van der Waals surface area (Å²) in [5, 5.41) is 16.0. The lowest BCUT2D eigenvalue weighted by atomic mass is 10.1. The van der Waals surface area contributed by atoms with E-state index in [1.165, 1.54) is 6.92 Å². The van der Waals surface area contributed by atoms with E-state index in [0.29, 0.717) is 0 Å². The van der Waals surface area contributed by atoms with Gasteiger partial charge in [-0.2, -0.15) is 12.6 Å². The molecule has 4 atom stereocenters. The largest absolute Gasteiger partial charge is 0.480 e. The maximum absolute atomic E-state index is 12.3. The standard InChI is InChI=1S/C16H28N6O7S/c1-7(13(25)21-9(16(28)29)3-5-12(19)24)20-15(27)10(6-30)22-14(26)8(17)2-4-11(18)23/h7-10,30H,2-6,17H2,1H3,(H2,18,23)(H2,19,24)(H,20,27)(H,21,25)(H,22,26)(H,28,29). The molecule has 0 saturated carbocycles. The molecule has 30 heavy (non-hydrogen) atoms. The van der Waals surface area contributed by atoms with Crippen LogP contribution < -0.4 is 33.2 Å². The van der Waals surface area contributed by atoms with Crippen LogP contribution in [-0.4, -0.2) is 70.5 Å². The summed E-state index contributed by atoms with van der Waals surface area (Å²) in [7, 11) is 0. The monoisotopic (exact) mass is 448 g/mol. The van der Waals surface area contributed by atoms with E-state index in [4.69, 9.17) is 22.3 Å². The molecule has 0 aromatic heterocycles. The summed E-state index contributed by atoms with van der Waals surface area (Å²) >= 11 is 3.97. The Morgan fingerprint density at radius 2 is 1.33 bits per heavy atom. The van der Waals surface area contributed by atoms with Gasteiger partial charge in [-0.15, -0.1) is 0 Å². The Morgan fingerprint density at radius 1 is 0.833 bits per heavy atom. The summed E-state index contributed by atoms with van der Waals surface area (Å²) in [4.78, 5) is 69.2. The van der Waals surface area contributed by atoms with Crippen LogP contribution in [0, 0.1) is 0 Å². The molecule has 4 unspecified atom stereocenters. The smallest absolute Gasteiger partial charge is 0.326 e. The van der Waals surface area contributed by atoms with Crippen LogP contribution in [-0.2, 0) is 28.8 Å². The van der Waals surface area contributed by atoms with Gasteiger partial charge in [0.25, 0.3) is 0 Å². The van der Waals surface area contributed by atoms with E-state index >= 15 is 0 Å². The fourth-order valence-corrected chi connectivity index (χ4v) is 2.38. The maximum atomic E-state index is 12.3. The van der Waals surface area contributed by atoms with Crippen molar-refractivity contribution in [1.29, 1.82) is 0 Å². The zero-order chi connectivity index (χ0) is 23.4. The van der Waals surface area contributed by atoms with Crippen molar-refractivity contribution < 1.29 is 33.9 Å². The molecule has 0 heterocycles. The number of carbonyl (C=O) groups excluding carboxylic acids is 5. The lowest BCUT2D eigenvalue weighted by Crippen LogP contribution is -2.57. The number of carboxylic acids is 1. The lowest BCUT2D eigenvalue weighted by Gasteiger charge is -2.22. The predicted octanol–water partition coefficient (Wildman–Crippen LogP) is -3.67. The molecular weight excluding hydrogens is 420 g/mol. The molecule has 0 fully saturated rings. The fraction of sp³-hybridized carbons (Fsp3) is 0.625. The summed E-state index contributed by atoms with van der Waals surface area (Å²) in [6.45, 7) is 1.30. The van der Waals surface area contributed by atoms with Crippen molar-refractivity contribution in [2.24, 2.45) is 17.2 Å². The van der Waals surface area contributed by atoms with Crippen LogP contribution in [0.1, 0.15) is 32.6 Å². The average molecular weight is 449 g/mol. The number of thiol groups is 1. The molecule has 0 aromatic carbocycles. The first-order valence-electron chi connectivity index (χ1n) is 8.96. The Morgan fingerprint density at radius 3 is 1.80 bits per heavy atom. The van der Waals surface area contributed by atoms with Gasteiger partial charge in [-0.05, 0) is 19.8 Å². The molecule has 10 N–H and O–H groups in total. The first-order valence-corrected chi connectivity index (χ1v) is 9.59. The highest BCUT2D eigenvalue weighted by Crippen LogP contribution is 2.00. The number of primary amides is 2. The van der Waals surface area contributed by atoms with E-state index < -0.39 is 59.7 Å². The van der Waals surface area contributed by atoms with Crippen LogP contribution in [0.15, 0.2) is 0 Å². The first kappa shape index (κ1) is 27.1. The number of hydrogen-bond acceptors (Lipinski definition) is 8. The van der Waals surface area contributed by atoms with Crippen molar-refractivity contribution in [3.63, 3.8) is 0 Å². The summed E-state index contributed by atoms with van der Waals surface area (Å²) < 4.78 is 0. The van der Waals surface area contributed by atoms with Gasteiger partial charge in [0.15, 0.2) is 0 Å². The zero-order valence-corrected chi connectivity index (χ0v) is 17.3. The van der Waals surface area contributed by atoms with Gasteiger partial charge in [-0.25, -0.2) is 4.79 Å². The summed E-state index contributed by atoms with van der Waals surface area (Å²) in [6, 6.07) is -4.74. The van der Waals surface area contributed by atoms with Gasteiger partial charge >= 0.3 is 5.97 Å². The second-order valence-corrected chi connectivity index (χ2v) is 6.86. The van der Waals surface area contributed by atoms with Gasteiger partial charge in [0.1, 0.15) is 18.1 Å². The molecule has 170 valence electrons. The number of carboxylic acid groups (broad SMARTS) is 1. The van der Waals surface area contributed by atoms with Crippen molar-refractivity contribution in [3.8, 4) is 0 Å². The van der Waals surface area contributed by atoms with E-state index in [2.05, 4.69) is 28.6 Å². The second kappa shape index (κ2) is 13.4. The van der Waals surface area contributed by atoms with Gasteiger partial charge in [0, 0.05) is 18.6 Å². The molecule has 13 nitrogen and oxygen atoms in total. The van der Waals surface area contributed by atoms with E-state index in [0.717, 1.165) is 0 Å². The Kier molecular flexibility index (Phi) is 12.1. The molecule has 0 aliphatic carbocycles. The number of rotatable bonds is 14. The average Bonchev–Trinajstić information content (AvgIpc) is 2.65. The van der Waals surface area contributed by atoms with Crippen LogP contribution in [0.25, 0.3) is 0 Å².